The van der Waals surface area contributed by atoms with Crippen LogP contribution in [-0.2, 0) is 14.3 Å². The van der Waals surface area contributed by atoms with Crippen LogP contribution in [0.5, 0.6) is 0 Å². The molecule has 3 rings (SSSR count). The molecule has 1 atom stereocenters. The van der Waals surface area contributed by atoms with Gasteiger partial charge in [0.15, 0.2) is 6.61 Å². The number of amides is 3. The quantitative estimate of drug-likeness (QED) is 0.562. The highest BCUT2D eigenvalue weighted by Crippen LogP contribution is 2.32. The topological polar surface area (TPSA) is 92.8 Å². The van der Waals surface area contributed by atoms with E-state index in [4.69, 9.17) is 4.74 Å². The van der Waals surface area contributed by atoms with E-state index in [2.05, 4.69) is 5.32 Å². The molecule has 0 bridgehead atoms. The fourth-order valence-electron chi connectivity index (χ4n) is 3.05. The second-order valence-corrected chi connectivity index (χ2v) is 6.77. The number of carbonyl (C=O) groups is 4. The molecule has 0 spiro atoms. The molecule has 138 valence electrons. The number of benzene rings is 1. The Labute approximate surface area is 151 Å². The molecule has 1 aromatic carbocycles. The van der Waals surface area contributed by atoms with Gasteiger partial charge in [-0.1, -0.05) is 12.1 Å². The minimum atomic E-state index is -0.518. The van der Waals surface area contributed by atoms with Crippen LogP contribution in [0.1, 0.15) is 53.3 Å². The predicted octanol–water partition coefficient (Wildman–Crippen LogP) is 1.52. The van der Waals surface area contributed by atoms with E-state index in [1.807, 2.05) is 6.92 Å². The van der Waals surface area contributed by atoms with Crippen molar-refractivity contribution in [3.05, 3.63) is 35.4 Å². The number of nitrogens with zero attached hydrogens (tertiary/aromatic N) is 1. The van der Waals surface area contributed by atoms with Crippen molar-refractivity contribution in [3.8, 4) is 0 Å². The largest absolute Gasteiger partial charge is 0.456 e. The molecule has 1 aliphatic carbocycles. The van der Waals surface area contributed by atoms with Gasteiger partial charge in [-0.3, -0.25) is 24.1 Å². The monoisotopic (exact) mass is 358 g/mol. The summed E-state index contributed by atoms with van der Waals surface area (Å²) in [6, 6.07) is 6.76. The summed E-state index contributed by atoms with van der Waals surface area (Å²) in [6.45, 7) is 1.79. The highest BCUT2D eigenvalue weighted by atomic mass is 16.5. The minimum Gasteiger partial charge on any atom is -0.456 e. The van der Waals surface area contributed by atoms with E-state index in [1.54, 1.807) is 24.3 Å². The number of carbonyl (C=O) groups excluding carboxylic acids is 4. The van der Waals surface area contributed by atoms with E-state index in [0.717, 1.165) is 17.7 Å². The fourth-order valence-corrected chi connectivity index (χ4v) is 3.05. The lowest BCUT2D eigenvalue weighted by Crippen LogP contribution is -2.37. The molecule has 1 N–H and O–H groups in total. The van der Waals surface area contributed by atoms with Crippen LogP contribution < -0.4 is 5.32 Å². The maximum atomic E-state index is 12.2. The van der Waals surface area contributed by atoms with Crippen LogP contribution in [0.25, 0.3) is 0 Å². The van der Waals surface area contributed by atoms with E-state index in [0.29, 0.717) is 23.5 Å². The third kappa shape index (κ3) is 4.09. The van der Waals surface area contributed by atoms with Crippen molar-refractivity contribution in [2.24, 2.45) is 5.92 Å². The first kappa shape index (κ1) is 18.1. The minimum absolute atomic E-state index is 0.0405. The van der Waals surface area contributed by atoms with Crippen molar-refractivity contribution in [2.75, 3.05) is 13.2 Å². The van der Waals surface area contributed by atoms with Gasteiger partial charge >= 0.3 is 5.97 Å². The average molecular weight is 358 g/mol. The summed E-state index contributed by atoms with van der Waals surface area (Å²) >= 11 is 0. The predicted molar refractivity (Wildman–Crippen MR) is 92.3 cm³/mol. The summed E-state index contributed by atoms with van der Waals surface area (Å²) < 4.78 is 4.95. The average Bonchev–Trinajstić information content (AvgIpc) is 3.44. The number of esters is 1. The second-order valence-electron chi connectivity index (χ2n) is 6.77. The Bertz CT molecular complexity index is 706. The van der Waals surface area contributed by atoms with E-state index in [-0.39, 0.29) is 43.3 Å². The molecular weight excluding hydrogens is 336 g/mol. The van der Waals surface area contributed by atoms with Crippen molar-refractivity contribution in [3.63, 3.8) is 0 Å². The molecule has 7 nitrogen and oxygen atoms in total. The molecule has 3 amide bonds. The number of hydrogen-bond acceptors (Lipinski definition) is 5. The summed E-state index contributed by atoms with van der Waals surface area (Å²) in [4.78, 5) is 49.0. The number of rotatable bonds is 8. The molecule has 1 fully saturated rings. The van der Waals surface area contributed by atoms with Crippen molar-refractivity contribution in [1.82, 2.24) is 10.2 Å². The number of fused-ring (bicyclic) bond motifs is 1. The van der Waals surface area contributed by atoms with Crippen molar-refractivity contribution >= 4 is 23.7 Å². The van der Waals surface area contributed by atoms with Crippen molar-refractivity contribution < 1.29 is 23.9 Å². The summed E-state index contributed by atoms with van der Waals surface area (Å²) in [5.41, 5.74) is 0.781. The number of nitrogens with one attached hydrogen (secondary N) is 1. The normalized spacial score (nSPS) is 17.0. The maximum Gasteiger partial charge on any atom is 0.306 e. The SMILES string of the molecule is C[C@H](NC(=O)COC(=O)CCCN1C(=O)c2ccccc2C1=O)C1CC1. The van der Waals surface area contributed by atoms with Gasteiger partial charge in [0.25, 0.3) is 17.7 Å². The lowest BCUT2D eigenvalue weighted by atomic mass is 10.1. The Morgan fingerprint density at radius 2 is 1.81 bits per heavy atom. The number of hydrogen-bond donors (Lipinski definition) is 1. The van der Waals surface area contributed by atoms with Gasteiger partial charge in [-0.05, 0) is 44.2 Å². The number of ether oxygens (including phenoxy) is 1. The van der Waals surface area contributed by atoms with Crippen LogP contribution in [-0.4, -0.2) is 47.8 Å². The Balaban J connectivity index is 1.37. The van der Waals surface area contributed by atoms with E-state index in [9.17, 15) is 19.2 Å². The summed E-state index contributed by atoms with van der Waals surface area (Å²) in [6.07, 6.45) is 2.58. The Kier molecular flexibility index (Phi) is 5.35. The van der Waals surface area contributed by atoms with Gasteiger partial charge in [0.1, 0.15) is 0 Å². The first-order valence-electron chi connectivity index (χ1n) is 8.87. The molecule has 0 radical (unpaired) electrons. The van der Waals surface area contributed by atoms with Crippen molar-refractivity contribution in [2.45, 2.75) is 38.6 Å². The molecular formula is C19H22N2O5. The van der Waals surface area contributed by atoms with E-state index >= 15 is 0 Å². The zero-order chi connectivity index (χ0) is 18.7. The molecule has 0 saturated heterocycles. The Morgan fingerprint density at radius 3 is 2.38 bits per heavy atom. The third-order valence-corrected chi connectivity index (χ3v) is 4.72. The highest BCUT2D eigenvalue weighted by molar-refractivity contribution is 6.21. The van der Waals surface area contributed by atoms with Crippen LogP contribution in [0.2, 0.25) is 0 Å². The maximum absolute atomic E-state index is 12.2. The van der Waals surface area contributed by atoms with Crippen LogP contribution >= 0.6 is 0 Å². The van der Waals surface area contributed by atoms with Crippen LogP contribution in [0.3, 0.4) is 0 Å². The zero-order valence-electron chi connectivity index (χ0n) is 14.7. The standard InChI is InChI=1S/C19H22N2O5/c1-12(13-8-9-13)20-16(22)11-26-17(23)7-4-10-21-18(24)14-5-2-3-6-15(14)19(21)25/h2-3,5-6,12-13H,4,7-11H2,1H3,(H,20,22)/t12-/m0/s1. The zero-order valence-corrected chi connectivity index (χ0v) is 14.7. The lowest BCUT2D eigenvalue weighted by Gasteiger charge is -2.14. The molecule has 0 aromatic heterocycles. The molecule has 7 heteroatoms. The first-order valence-corrected chi connectivity index (χ1v) is 8.87. The van der Waals surface area contributed by atoms with E-state index in [1.165, 1.54) is 0 Å². The van der Waals surface area contributed by atoms with Gasteiger partial charge in [-0.25, -0.2) is 0 Å². The molecule has 1 saturated carbocycles. The molecule has 0 unspecified atom stereocenters. The molecule has 1 heterocycles. The van der Waals surface area contributed by atoms with Crippen LogP contribution in [0.15, 0.2) is 24.3 Å². The molecule has 1 aromatic rings. The third-order valence-electron chi connectivity index (χ3n) is 4.72. The van der Waals surface area contributed by atoms with Gasteiger partial charge in [0, 0.05) is 19.0 Å². The van der Waals surface area contributed by atoms with Gasteiger partial charge < -0.3 is 10.1 Å². The summed E-state index contributed by atoms with van der Waals surface area (Å²) in [5.74, 6) is -0.969. The number of imide groups is 1. The van der Waals surface area contributed by atoms with Gasteiger partial charge in [-0.2, -0.15) is 0 Å². The molecule has 2 aliphatic rings. The lowest BCUT2D eigenvalue weighted by molar-refractivity contribution is -0.148. The van der Waals surface area contributed by atoms with Gasteiger partial charge in [0.05, 0.1) is 11.1 Å². The fraction of sp³-hybridized carbons (Fsp3) is 0.474. The molecule has 26 heavy (non-hydrogen) atoms. The van der Waals surface area contributed by atoms with Gasteiger partial charge in [-0.15, -0.1) is 0 Å². The highest BCUT2D eigenvalue weighted by Gasteiger charge is 2.34. The van der Waals surface area contributed by atoms with Crippen molar-refractivity contribution in [1.29, 1.82) is 0 Å². The summed E-state index contributed by atoms with van der Waals surface area (Å²) in [5, 5.41) is 2.81. The van der Waals surface area contributed by atoms with Gasteiger partial charge in [0.2, 0.25) is 0 Å². The van der Waals surface area contributed by atoms with E-state index < -0.39 is 5.97 Å². The summed E-state index contributed by atoms with van der Waals surface area (Å²) in [7, 11) is 0. The second kappa shape index (κ2) is 7.68. The van der Waals surface area contributed by atoms with Crippen LogP contribution in [0.4, 0.5) is 0 Å². The Morgan fingerprint density at radius 1 is 1.19 bits per heavy atom. The Hall–Kier alpha value is -2.70. The first-order chi connectivity index (χ1) is 12.5. The van der Waals surface area contributed by atoms with Crippen LogP contribution in [0, 0.1) is 5.92 Å². The molecule has 1 aliphatic heterocycles. The smallest absolute Gasteiger partial charge is 0.306 e.